The van der Waals surface area contributed by atoms with Crippen LogP contribution in [-0.4, -0.2) is 33.2 Å². The quantitative estimate of drug-likeness (QED) is 0.680. The fraction of sp³-hybridized carbons (Fsp3) is 0.133. The lowest BCUT2D eigenvalue weighted by molar-refractivity contribution is -0.119. The van der Waals surface area contributed by atoms with Crippen molar-refractivity contribution in [2.75, 3.05) is 7.05 Å². The SMILES string of the molecule is CNC(=O)Cc1c[nH]c2nnc(-c3ccccc3O)cc12. The molecule has 0 atom stereocenters. The summed E-state index contributed by atoms with van der Waals surface area (Å²) in [5.74, 6) is 0.0753. The summed E-state index contributed by atoms with van der Waals surface area (Å²) < 4.78 is 0. The van der Waals surface area contributed by atoms with Gasteiger partial charge in [0.05, 0.1) is 12.1 Å². The van der Waals surface area contributed by atoms with Crippen molar-refractivity contribution in [2.24, 2.45) is 0 Å². The number of carbonyl (C=O) groups is 1. The van der Waals surface area contributed by atoms with Crippen LogP contribution in [0.15, 0.2) is 36.5 Å². The van der Waals surface area contributed by atoms with Gasteiger partial charge in [-0.15, -0.1) is 10.2 Å². The summed E-state index contributed by atoms with van der Waals surface area (Å²) in [6.45, 7) is 0. The zero-order valence-electron chi connectivity index (χ0n) is 11.4. The number of aromatic amines is 1. The Morgan fingerprint density at radius 1 is 1.33 bits per heavy atom. The van der Waals surface area contributed by atoms with Gasteiger partial charge in [0.25, 0.3) is 0 Å². The highest BCUT2D eigenvalue weighted by molar-refractivity contribution is 5.88. The molecule has 0 aliphatic rings. The smallest absolute Gasteiger partial charge is 0.224 e. The molecule has 6 nitrogen and oxygen atoms in total. The van der Waals surface area contributed by atoms with Crippen LogP contribution in [0.5, 0.6) is 5.75 Å². The van der Waals surface area contributed by atoms with Gasteiger partial charge in [-0.2, -0.15) is 0 Å². The number of phenolic OH excluding ortho intramolecular Hbond substituents is 1. The number of aromatic hydroxyl groups is 1. The third kappa shape index (κ3) is 2.43. The van der Waals surface area contributed by atoms with Crippen molar-refractivity contribution in [3.05, 3.63) is 42.1 Å². The van der Waals surface area contributed by atoms with Gasteiger partial charge in [0.1, 0.15) is 5.75 Å². The number of amides is 1. The predicted octanol–water partition coefficient (Wildman–Crippen LogP) is 1.62. The maximum Gasteiger partial charge on any atom is 0.224 e. The Bertz CT molecular complexity index is 810. The molecule has 0 radical (unpaired) electrons. The number of nitrogens with one attached hydrogen (secondary N) is 2. The Morgan fingerprint density at radius 3 is 2.90 bits per heavy atom. The second-order valence-corrected chi connectivity index (χ2v) is 4.67. The number of benzene rings is 1. The lowest BCUT2D eigenvalue weighted by atomic mass is 10.1. The van der Waals surface area contributed by atoms with E-state index in [-0.39, 0.29) is 18.1 Å². The molecule has 0 bridgehead atoms. The number of H-pyrrole nitrogens is 1. The monoisotopic (exact) mass is 282 g/mol. The van der Waals surface area contributed by atoms with Crippen LogP contribution in [0.3, 0.4) is 0 Å². The molecule has 0 aliphatic heterocycles. The number of aromatic nitrogens is 3. The van der Waals surface area contributed by atoms with Crippen LogP contribution in [0.25, 0.3) is 22.3 Å². The first-order valence-corrected chi connectivity index (χ1v) is 6.51. The van der Waals surface area contributed by atoms with Crippen LogP contribution >= 0.6 is 0 Å². The lowest BCUT2D eigenvalue weighted by Gasteiger charge is -2.03. The molecule has 21 heavy (non-hydrogen) atoms. The van der Waals surface area contributed by atoms with Crippen molar-refractivity contribution in [1.82, 2.24) is 20.5 Å². The number of nitrogens with zero attached hydrogens (tertiary/aromatic N) is 2. The third-order valence-electron chi connectivity index (χ3n) is 3.33. The van der Waals surface area contributed by atoms with E-state index in [1.807, 2.05) is 12.1 Å². The largest absolute Gasteiger partial charge is 0.507 e. The summed E-state index contributed by atoms with van der Waals surface area (Å²) in [5, 5.41) is 21.5. The van der Waals surface area contributed by atoms with Crippen molar-refractivity contribution in [3.8, 4) is 17.0 Å². The number of hydrogen-bond acceptors (Lipinski definition) is 4. The van der Waals surface area contributed by atoms with E-state index in [1.165, 1.54) is 0 Å². The summed E-state index contributed by atoms with van der Waals surface area (Å²) in [4.78, 5) is 14.5. The van der Waals surface area contributed by atoms with Crippen LogP contribution < -0.4 is 5.32 Å². The van der Waals surface area contributed by atoms with E-state index in [2.05, 4.69) is 20.5 Å². The van der Waals surface area contributed by atoms with Crippen molar-refractivity contribution >= 4 is 16.9 Å². The zero-order valence-corrected chi connectivity index (χ0v) is 11.4. The topological polar surface area (TPSA) is 90.9 Å². The Labute approximate surface area is 120 Å². The molecule has 0 aliphatic carbocycles. The molecule has 3 rings (SSSR count). The summed E-state index contributed by atoms with van der Waals surface area (Å²) in [6.07, 6.45) is 2.02. The fourth-order valence-electron chi connectivity index (χ4n) is 2.21. The molecule has 0 saturated carbocycles. The van der Waals surface area contributed by atoms with E-state index in [9.17, 15) is 9.90 Å². The van der Waals surface area contributed by atoms with Gasteiger partial charge in [0, 0.05) is 24.2 Å². The molecule has 106 valence electrons. The molecule has 0 saturated heterocycles. The maximum atomic E-state index is 11.5. The second kappa shape index (κ2) is 5.24. The fourth-order valence-corrected chi connectivity index (χ4v) is 2.21. The average Bonchev–Trinajstić information content (AvgIpc) is 2.90. The predicted molar refractivity (Wildman–Crippen MR) is 78.8 cm³/mol. The van der Waals surface area contributed by atoms with Crippen molar-refractivity contribution < 1.29 is 9.90 Å². The van der Waals surface area contributed by atoms with E-state index >= 15 is 0 Å². The van der Waals surface area contributed by atoms with E-state index in [1.54, 1.807) is 31.4 Å². The minimum Gasteiger partial charge on any atom is -0.507 e. The second-order valence-electron chi connectivity index (χ2n) is 4.67. The van der Waals surface area contributed by atoms with E-state index in [0.29, 0.717) is 16.9 Å². The summed E-state index contributed by atoms with van der Waals surface area (Å²) >= 11 is 0. The molecular weight excluding hydrogens is 268 g/mol. The summed E-state index contributed by atoms with van der Waals surface area (Å²) in [6, 6.07) is 8.77. The zero-order chi connectivity index (χ0) is 14.8. The van der Waals surface area contributed by atoms with Gasteiger partial charge < -0.3 is 15.4 Å². The van der Waals surface area contributed by atoms with Crippen molar-refractivity contribution in [3.63, 3.8) is 0 Å². The van der Waals surface area contributed by atoms with Gasteiger partial charge in [-0.1, -0.05) is 12.1 Å². The number of phenols is 1. The maximum absolute atomic E-state index is 11.5. The number of fused-ring (bicyclic) bond motifs is 1. The minimum absolute atomic E-state index is 0.0724. The Kier molecular flexibility index (Phi) is 3.27. The molecule has 1 amide bonds. The van der Waals surface area contributed by atoms with Crippen LogP contribution in [0.2, 0.25) is 0 Å². The van der Waals surface area contributed by atoms with Gasteiger partial charge >= 0.3 is 0 Å². The van der Waals surface area contributed by atoms with E-state index < -0.39 is 0 Å². The van der Waals surface area contributed by atoms with Gasteiger partial charge in [0.2, 0.25) is 5.91 Å². The molecule has 0 fully saturated rings. The first kappa shape index (κ1) is 13.1. The standard InChI is InChI=1S/C15H14N4O2/c1-16-14(21)6-9-8-17-15-11(9)7-12(18-19-15)10-4-2-3-5-13(10)20/h2-5,7-8,20H,6H2,1H3,(H,16,21)(H,17,19). The van der Waals surface area contributed by atoms with Crippen LogP contribution in [-0.2, 0) is 11.2 Å². The van der Waals surface area contributed by atoms with Crippen LogP contribution in [0.4, 0.5) is 0 Å². The molecule has 3 aromatic rings. The summed E-state index contributed by atoms with van der Waals surface area (Å²) in [5.41, 5.74) is 2.64. The first-order valence-electron chi connectivity index (χ1n) is 6.51. The number of likely N-dealkylation sites (N-methyl/N-ethyl adjacent to an activating group) is 1. The first-order chi connectivity index (χ1) is 10.2. The summed E-state index contributed by atoms with van der Waals surface area (Å²) in [7, 11) is 1.60. The molecule has 3 N–H and O–H groups in total. The van der Waals surface area contributed by atoms with Gasteiger partial charge in [-0.05, 0) is 23.8 Å². The van der Waals surface area contributed by atoms with E-state index in [0.717, 1.165) is 10.9 Å². The third-order valence-corrected chi connectivity index (χ3v) is 3.33. The highest BCUT2D eigenvalue weighted by Gasteiger charge is 2.12. The molecule has 6 heteroatoms. The number of para-hydroxylation sites is 1. The molecular formula is C15H14N4O2. The minimum atomic E-state index is -0.0724. The van der Waals surface area contributed by atoms with Gasteiger partial charge in [-0.3, -0.25) is 4.79 Å². The molecule has 2 aromatic heterocycles. The molecule has 0 spiro atoms. The Hall–Kier alpha value is -2.89. The average molecular weight is 282 g/mol. The van der Waals surface area contributed by atoms with Gasteiger partial charge in [-0.25, -0.2) is 0 Å². The number of carbonyl (C=O) groups excluding carboxylic acids is 1. The molecule has 2 heterocycles. The molecule has 1 aromatic carbocycles. The number of rotatable bonds is 3. The molecule has 0 unspecified atom stereocenters. The Balaban J connectivity index is 2.09. The number of hydrogen-bond donors (Lipinski definition) is 3. The van der Waals surface area contributed by atoms with Crippen LogP contribution in [0, 0.1) is 0 Å². The lowest BCUT2D eigenvalue weighted by Crippen LogP contribution is -2.19. The van der Waals surface area contributed by atoms with Gasteiger partial charge in [0.15, 0.2) is 5.65 Å². The highest BCUT2D eigenvalue weighted by atomic mass is 16.3. The van der Waals surface area contributed by atoms with Crippen LogP contribution in [0.1, 0.15) is 5.56 Å². The Morgan fingerprint density at radius 2 is 2.14 bits per heavy atom. The van der Waals surface area contributed by atoms with Crippen molar-refractivity contribution in [1.29, 1.82) is 0 Å². The van der Waals surface area contributed by atoms with E-state index in [4.69, 9.17) is 0 Å². The van der Waals surface area contributed by atoms with Crippen molar-refractivity contribution in [2.45, 2.75) is 6.42 Å². The normalized spacial score (nSPS) is 10.7. The highest BCUT2D eigenvalue weighted by Crippen LogP contribution is 2.29.